The zero-order valence-electron chi connectivity index (χ0n) is 23.0. The Hall–Kier alpha value is -2.38. The topological polar surface area (TPSA) is 64.7 Å². The van der Waals surface area contributed by atoms with Crippen LogP contribution in [0, 0.1) is 0 Å². The van der Waals surface area contributed by atoms with Gasteiger partial charge < -0.3 is 10.6 Å². The second kappa shape index (κ2) is 15.9. The van der Waals surface area contributed by atoms with Crippen molar-refractivity contribution in [2.24, 2.45) is 0 Å². The van der Waals surface area contributed by atoms with E-state index in [4.69, 9.17) is 0 Å². The molecular weight excluding hydrogens is 472 g/mol. The van der Waals surface area contributed by atoms with Crippen molar-refractivity contribution >= 4 is 11.6 Å². The molecule has 2 aliphatic rings. The predicted octanol–water partition coefficient (Wildman–Crippen LogP) is 4.42. The summed E-state index contributed by atoms with van der Waals surface area (Å²) in [4.78, 5) is 30.7. The van der Waals surface area contributed by atoms with E-state index >= 15 is 0 Å². The van der Waals surface area contributed by atoms with Gasteiger partial charge in [0.05, 0.1) is 12.1 Å². The van der Waals surface area contributed by atoms with Crippen LogP contribution in [-0.2, 0) is 0 Å². The third-order valence-electron chi connectivity index (χ3n) is 8.07. The Morgan fingerprint density at radius 3 is 1.34 bits per heavy atom. The maximum Gasteiger partial charge on any atom is 0.181 e. The molecule has 2 N–H and O–H groups in total. The van der Waals surface area contributed by atoms with E-state index in [1.54, 1.807) is 0 Å². The first-order chi connectivity index (χ1) is 18.7. The molecule has 206 valence electrons. The van der Waals surface area contributed by atoms with Crippen molar-refractivity contribution < 1.29 is 9.59 Å². The highest BCUT2D eigenvalue weighted by molar-refractivity contribution is 6.00. The summed E-state index contributed by atoms with van der Waals surface area (Å²) >= 11 is 0. The molecular formula is C32H46N4O2. The van der Waals surface area contributed by atoms with Crippen molar-refractivity contribution in [3.8, 4) is 0 Å². The minimum Gasteiger partial charge on any atom is -0.313 e. The monoisotopic (exact) mass is 518 g/mol. The van der Waals surface area contributed by atoms with E-state index in [2.05, 4.69) is 20.4 Å². The molecule has 0 aromatic heterocycles. The van der Waals surface area contributed by atoms with Crippen LogP contribution in [0.1, 0.15) is 72.1 Å². The van der Waals surface area contributed by atoms with Gasteiger partial charge in [0.1, 0.15) is 0 Å². The van der Waals surface area contributed by atoms with Crippen molar-refractivity contribution in [2.45, 2.75) is 63.5 Å². The molecule has 0 spiro atoms. The summed E-state index contributed by atoms with van der Waals surface area (Å²) in [6.45, 7) is 7.37. The summed E-state index contributed by atoms with van der Waals surface area (Å²) < 4.78 is 0. The maximum atomic E-state index is 13.0. The lowest BCUT2D eigenvalue weighted by atomic mass is 10.0. The second-order valence-corrected chi connectivity index (χ2v) is 10.8. The first-order valence-electron chi connectivity index (χ1n) is 14.8. The van der Waals surface area contributed by atoms with Gasteiger partial charge in [-0.15, -0.1) is 0 Å². The summed E-state index contributed by atoms with van der Waals surface area (Å²) in [6.07, 6.45) is 9.92. The van der Waals surface area contributed by atoms with Gasteiger partial charge in [-0.3, -0.25) is 19.4 Å². The Morgan fingerprint density at radius 2 is 0.947 bits per heavy atom. The number of nitrogens with zero attached hydrogens (tertiary/aromatic N) is 2. The third kappa shape index (κ3) is 8.57. The molecule has 0 saturated carbocycles. The molecule has 2 aromatic rings. The highest BCUT2D eigenvalue weighted by Gasteiger charge is 2.29. The Kier molecular flexibility index (Phi) is 12.0. The number of nitrogens with one attached hydrogen (secondary N) is 2. The molecule has 0 bridgehead atoms. The molecule has 2 saturated heterocycles. The zero-order chi connectivity index (χ0) is 26.4. The van der Waals surface area contributed by atoms with Crippen LogP contribution >= 0.6 is 0 Å². The second-order valence-electron chi connectivity index (χ2n) is 10.8. The van der Waals surface area contributed by atoms with Crippen LogP contribution in [0.25, 0.3) is 0 Å². The Morgan fingerprint density at radius 1 is 0.579 bits per heavy atom. The summed E-state index contributed by atoms with van der Waals surface area (Å²) in [7, 11) is 0. The average Bonchev–Trinajstić information content (AvgIpc) is 2.98. The van der Waals surface area contributed by atoms with Crippen molar-refractivity contribution in [1.29, 1.82) is 0 Å². The highest BCUT2D eigenvalue weighted by atomic mass is 16.1. The lowest BCUT2D eigenvalue weighted by Crippen LogP contribution is -2.55. The van der Waals surface area contributed by atoms with Crippen LogP contribution in [0.4, 0.5) is 0 Å². The van der Waals surface area contributed by atoms with E-state index in [9.17, 15) is 9.59 Å². The minimum absolute atomic E-state index is 0.0376. The fourth-order valence-corrected chi connectivity index (χ4v) is 5.83. The average molecular weight is 519 g/mol. The quantitative estimate of drug-likeness (QED) is 0.269. The Bertz CT molecular complexity index is 888. The van der Waals surface area contributed by atoms with E-state index in [-0.39, 0.29) is 23.7 Å². The Labute approximate surface area is 229 Å². The molecule has 0 radical (unpaired) electrons. The van der Waals surface area contributed by atoms with Crippen LogP contribution in [0.2, 0.25) is 0 Å². The molecule has 2 heterocycles. The number of Topliss-reactive ketones (excluding diaryl/α,β-unsaturated/α-hetero) is 2. The smallest absolute Gasteiger partial charge is 0.181 e. The molecule has 6 nitrogen and oxygen atoms in total. The molecule has 2 aromatic carbocycles. The van der Waals surface area contributed by atoms with Gasteiger partial charge >= 0.3 is 0 Å². The lowest BCUT2D eigenvalue weighted by molar-refractivity contribution is 0.0763. The lowest BCUT2D eigenvalue weighted by Gasteiger charge is -2.35. The molecule has 0 amide bonds. The summed E-state index contributed by atoms with van der Waals surface area (Å²) in [5, 5.41) is 6.80. The standard InChI is InChI=1S/C32H46N4O2/c37-31(27-15-9-7-10-16-27)29-25-33-19-23-35(29)21-13-5-3-1-2-4-6-14-22-36-24-20-34-26-30(36)32(38)28-17-11-8-12-18-28/h7-12,15-18,29-30,33-34H,1-6,13-14,19-26H2. The van der Waals surface area contributed by atoms with Gasteiger partial charge in [-0.1, -0.05) is 99.2 Å². The molecule has 2 unspecified atom stereocenters. The van der Waals surface area contributed by atoms with E-state index < -0.39 is 0 Å². The summed E-state index contributed by atoms with van der Waals surface area (Å²) in [5.41, 5.74) is 1.64. The van der Waals surface area contributed by atoms with Gasteiger partial charge in [-0.25, -0.2) is 0 Å². The van der Waals surface area contributed by atoms with E-state index in [0.717, 1.165) is 63.5 Å². The molecule has 38 heavy (non-hydrogen) atoms. The van der Waals surface area contributed by atoms with Gasteiger partial charge in [0, 0.05) is 50.4 Å². The highest BCUT2D eigenvalue weighted by Crippen LogP contribution is 2.16. The van der Waals surface area contributed by atoms with Gasteiger partial charge in [-0.05, 0) is 25.9 Å². The van der Waals surface area contributed by atoms with Crippen LogP contribution in [-0.4, -0.2) is 85.8 Å². The molecule has 2 fully saturated rings. The predicted molar refractivity (Wildman–Crippen MR) is 155 cm³/mol. The summed E-state index contributed by atoms with van der Waals surface area (Å²) in [6, 6.07) is 19.4. The number of hydrogen-bond acceptors (Lipinski definition) is 6. The van der Waals surface area contributed by atoms with Crippen molar-refractivity contribution in [3.63, 3.8) is 0 Å². The normalized spacial score (nSPS) is 20.8. The fraction of sp³-hybridized carbons (Fsp3) is 0.562. The number of rotatable bonds is 15. The van der Waals surface area contributed by atoms with Crippen LogP contribution in [0.15, 0.2) is 60.7 Å². The zero-order valence-corrected chi connectivity index (χ0v) is 23.0. The third-order valence-corrected chi connectivity index (χ3v) is 8.07. The molecule has 2 aliphatic heterocycles. The number of carbonyl (C=O) groups excluding carboxylic acids is 2. The number of carbonyl (C=O) groups is 2. The molecule has 0 aliphatic carbocycles. The van der Waals surface area contributed by atoms with E-state index in [1.807, 2.05) is 60.7 Å². The maximum absolute atomic E-state index is 13.0. The molecule has 6 heteroatoms. The first-order valence-corrected chi connectivity index (χ1v) is 14.8. The minimum atomic E-state index is -0.0376. The van der Waals surface area contributed by atoms with Gasteiger partial charge in [-0.2, -0.15) is 0 Å². The van der Waals surface area contributed by atoms with Gasteiger partial charge in [0.15, 0.2) is 11.6 Å². The van der Waals surface area contributed by atoms with Crippen LogP contribution in [0.5, 0.6) is 0 Å². The number of unbranched alkanes of at least 4 members (excludes halogenated alkanes) is 7. The molecule has 4 rings (SSSR count). The van der Waals surface area contributed by atoms with Gasteiger partial charge in [0.25, 0.3) is 0 Å². The van der Waals surface area contributed by atoms with Crippen molar-refractivity contribution in [3.05, 3.63) is 71.8 Å². The van der Waals surface area contributed by atoms with E-state index in [0.29, 0.717) is 0 Å². The van der Waals surface area contributed by atoms with Crippen LogP contribution < -0.4 is 10.6 Å². The number of ketones is 2. The van der Waals surface area contributed by atoms with Gasteiger partial charge in [0.2, 0.25) is 0 Å². The first kappa shape index (κ1) is 28.6. The number of hydrogen-bond donors (Lipinski definition) is 2. The van der Waals surface area contributed by atoms with Crippen molar-refractivity contribution in [1.82, 2.24) is 20.4 Å². The SMILES string of the molecule is O=C(c1ccccc1)C1CNCCN1CCCCCCCCCCN1CCNCC1C(=O)c1ccccc1. The van der Waals surface area contributed by atoms with Crippen LogP contribution in [0.3, 0.4) is 0 Å². The summed E-state index contributed by atoms with van der Waals surface area (Å²) in [5.74, 6) is 0.490. The number of benzene rings is 2. The Balaban J connectivity index is 1.06. The van der Waals surface area contributed by atoms with E-state index in [1.165, 1.54) is 51.4 Å². The number of piperazine rings is 2. The molecule has 2 atom stereocenters. The largest absolute Gasteiger partial charge is 0.313 e. The fourth-order valence-electron chi connectivity index (χ4n) is 5.83. The van der Waals surface area contributed by atoms with Crippen molar-refractivity contribution in [2.75, 3.05) is 52.4 Å².